The number of carbonyl (C=O) groups excluding carboxylic acids is 1. The number of aromatic nitrogens is 2. The lowest BCUT2D eigenvalue weighted by Gasteiger charge is -2.10. The van der Waals surface area contributed by atoms with Crippen LogP contribution >= 0.6 is 11.8 Å². The molecule has 1 amide bonds. The average Bonchev–Trinajstić information content (AvgIpc) is 2.84. The molecule has 6 nitrogen and oxygen atoms in total. The highest BCUT2D eigenvalue weighted by molar-refractivity contribution is 8.00. The minimum Gasteiger partial charge on any atom is -0.352 e. The SMILES string of the molecule is O=C(CSc1nncc2ccccc12)N[C@H]1CCS(=O)(=O)C1. The summed E-state index contributed by atoms with van der Waals surface area (Å²) in [5, 5.41) is 13.4. The van der Waals surface area contributed by atoms with Gasteiger partial charge in [-0.1, -0.05) is 36.0 Å². The summed E-state index contributed by atoms with van der Waals surface area (Å²) < 4.78 is 22.7. The molecule has 1 N–H and O–H groups in total. The molecule has 1 aromatic carbocycles. The minimum atomic E-state index is -2.98. The molecule has 1 aliphatic rings. The van der Waals surface area contributed by atoms with Gasteiger partial charge >= 0.3 is 0 Å². The van der Waals surface area contributed by atoms with Crippen LogP contribution in [0.5, 0.6) is 0 Å². The first-order valence-corrected chi connectivity index (χ1v) is 9.67. The Kier molecular flexibility index (Phi) is 4.30. The van der Waals surface area contributed by atoms with E-state index in [9.17, 15) is 13.2 Å². The van der Waals surface area contributed by atoms with Crippen molar-refractivity contribution in [3.05, 3.63) is 30.5 Å². The van der Waals surface area contributed by atoms with Crippen molar-refractivity contribution in [2.75, 3.05) is 17.3 Å². The zero-order chi connectivity index (χ0) is 15.6. The van der Waals surface area contributed by atoms with E-state index >= 15 is 0 Å². The molecule has 0 bridgehead atoms. The number of thioether (sulfide) groups is 1. The molecule has 3 rings (SSSR count). The largest absolute Gasteiger partial charge is 0.352 e. The second kappa shape index (κ2) is 6.21. The second-order valence-corrected chi connectivity index (χ2v) is 8.39. The van der Waals surface area contributed by atoms with Crippen LogP contribution in [0.25, 0.3) is 10.8 Å². The highest BCUT2D eigenvalue weighted by atomic mass is 32.2. The summed E-state index contributed by atoms with van der Waals surface area (Å²) in [6, 6.07) is 7.45. The van der Waals surface area contributed by atoms with Crippen LogP contribution in [0.1, 0.15) is 6.42 Å². The number of nitrogens with zero attached hydrogens (tertiary/aromatic N) is 2. The van der Waals surface area contributed by atoms with Crippen LogP contribution in [0.15, 0.2) is 35.5 Å². The summed E-state index contributed by atoms with van der Waals surface area (Å²) in [4.78, 5) is 11.9. The van der Waals surface area contributed by atoms with E-state index in [1.807, 2.05) is 24.3 Å². The van der Waals surface area contributed by atoms with Crippen LogP contribution in [0.3, 0.4) is 0 Å². The molecule has 2 aromatic rings. The Morgan fingerprint density at radius 3 is 2.95 bits per heavy atom. The molecular weight excluding hydrogens is 322 g/mol. The van der Waals surface area contributed by atoms with E-state index in [4.69, 9.17) is 0 Å². The number of amides is 1. The van der Waals surface area contributed by atoms with Gasteiger partial charge < -0.3 is 5.32 Å². The number of nitrogens with one attached hydrogen (secondary N) is 1. The lowest BCUT2D eigenvalue weighted by atomic mass is 10.2. The van der Waals surface area contributed by atoms with Gasteiger partial charge in [0.05, 0.1) is 23.5 Å². The van der Waals surface area contributed by atoms with Crippen LogP contribution in [-0.4, -0.2) is 47.8 Å². The number of sulfone groups is 1. The maximum Gasteiger partial charge on any atom is 0.230 e. The highest BCUT2D eigenvalue weighted by Gasteiger charge is 2.28. The molecule has 8 heteroatoms. The molecule has 1 atom stereocenters. The Labute approximate surface area is 132 Å². The van der Waals surface area contributed by atoms with Crippen molar-refractivity contribution in [2.45, 2.75) is 17.5 Å². The molecule has 2 heterocycles. The number of benzene rings is 1. The first-order chi connectivity index (χ1) is 10.5. The number of hydrogen-bond donors (Lipinski definition) is 1. The van der Waals surface area contributed by atoms with E-state index in [0.717, 1.165) is 10.8 Å². The van der Waals surface area contributed by atoms with Gasteiger partial charge in [0.15, 0.2) is 9.84 Å². The molecule has 22 heavy (non-hydrogen) atoms. The van der Waals surface area contributed by atoms with Crippen molar-refractivity contribution in [1.29, 1.82) is 0 Å². The van der Waals surface area contributed by atoms with E-state index in [0.29, 0.717) is 11.4 Å². The van der Waals surface area contributed by atoms with Crippen molar-refractivity contribution in [1.82, 2.24) is 15.5 Å². The molecule has 1 aliphatic heterocycles. The zero-order valence-electron chi connectivity index (χ0n) is 11.7. The number of fused-ring (bicyclic) bond motifs is 1. The molecule has 0 radical (unpaired) electrons. The van der Waals surface area contributed by atoms with Crippen molar-refractivity contribution in [3.63, 3.8) is 0 Å². The fourth-order valence-corrected chi connectivity index (χ4v) is 4.89. The fraction of sp³-hybridized carbons (Fsp3) is 0.357. The number of carbonyl (C=O) groups is 1. The molecule has 1 fully saturated rings. The van der Waals surface area contributed by atoms with Crippen molar-refractivity contribution in [2.24, 2.45) is 0 Å². The Bertz CT molecular complexity index is 803. The topological polar surface area (TPSA) is 89.0 Å². The van der Waals surface area contributed by atoms with Crippen LogP contribution in [0.4, 0.5) is 0 Å². The van der Waals surface area contributed by atoms with Gasteiger partial charge in [-0.15, -0.1) is 5.10 Å². The van der Waals surface area contributed by atoms with Gasteiger partial charge in [0.25, 0.3) is 0 Å². The van der Waals surface area contributed by atoms with Gasteiger partial charge in [0.2, 0.25) is 5.91 Å². The Morgan fingerprint density at radius 2 is 2.18 bits per heavy atom. The summed E-state index contributed by atoms with van der Waals surface area (Å²) in [7, 11) is -2.98. The Hall–Kier alpha value is -1.67. The van der Waals surface area contributed by atoms with Crippen LogP contribution in [0.2, 0.25) is 0 Å². The zero-order valence-corrected chi connectivity index (χ0v) is 13.4. The first-order valence-electron chi connectivity index (χ1n) is 6.86. The second-order valence-electron chi connectivity index (χ2n) is 5.19. The highest BCUT2D eigenvalue weighted by Crippen LogP contribution is 2.24. The normalized spacial score (nSPS) is 20.1. The van der Waals surface area contributed by atoms with E-state index < -0.39 is 9.84 Å². The Balaban J connectivity index is 1.61. The van der Waals surface area contributed by atoms with Gasteiger partial charge in [0, 0.05) is 16.8 Å². The van der Waals surface area contributed by atoms with E-state index in [-0.39, 0.29) is 29.2 Å². The summed E-state index contributed by atoms with van der Waals surface area (Å²) >= 11 is 1.31. The summed E-state index contributed by atoms with van der Waals surface area (Å²) in [6.07, 6.45) is 2.18. The van der Waals surface area contributed by atoms with E-state index in [1.165, 1.54) is 11.8 Å². The van der Waals surface area contributed by atoms with Crippen LogP contribution < -0.4 is 5.32 Å². The van der Waals surface area contributed by atoms with E-state index in [2.05, 4.69) is 15.5 Å². The van der Waals surface area contributed by atoms with Gasteiger partial charge in [0.1, 0.15) is 5.03 Å². The minimum absolute atomic E-state index is 0.0392. The molecule has 0 unspecified atom stereocenters. The third-order valence-corrected chi connectivity index (χ3v) is 6.22. The molecule has 116 valence electrons. The summed E-state index contributed by atoms with van der Waals surface area (Å²) in [6.45, 7) is 0. The van der Waals surface area contributed by atoms with Gasteiger partial charge in [-0.25, -0.2) is 8.42 Å². The maximum absolute atomic E-state index is 11.9. The molecule has 0 aliphatic carbocycles. The van der Waals surface area contributed by atoms with Gasteiger partial charge in [-0.3, -0.25) is 4.79 Å². The van der Waals surface area contributed by atoms with Gasteiger partial charge in [-0.2, -0.15) is 5.10 Å². The monoisotopic (exact) mass is 337 g/mol. The predicted octanol–water partition coefficient (Wildman–Crippen LogP) is 1.03. The lowest BCUT2D eigenvalue weighted by Crippen LogP contribution is -2.36. The smallest absolute Gasteiger partial charge is 0.230 e. The lowest BCUT2D eigenvalue weighted by molar-refractivity contribution is -0.119. The molecular formula is C14H15N3O3S2. The molecule has 0 spiro atoms. The summed E-state index contributed by atoms with van der Waals surface area (Å²) in [5.74, 6) is 0.207. The Morgan fingerprint density at radius 1 is 1.36 bits per heavy atom. The maximum atomic E-state index is 11.9. The fourth-order valence-electron chi connectivity index (χ4n) is 2.42. The third-order valence-electron chi connectivity index (χ3n) is 3.47. The molecule has 1 aromatic heterocycles. The summed E-state index contributed by atoms with van der Waals surface area (Å²) in [5.41, 5.74) is 0. The van der Waals surface area contributed by atoms with Crippen molar-refractivity contribution in [3.8, 4) is 0 Å². The first kappa shape index (κ1) is 15.2. The van der Waals surface area contributed by atoms with Gasteiger partial charge in [-0.05, 0) is 6.42 Å². The quantitative estimate of drug-likeness (QED) is 0.838. The molecule has 0 saturated carbocycles. The van der Waals surface area contributed by atoms with Crippen molar-refractivity contribution < 1.29 is 13.2 Å². The number of rotatable bonds is 4. The third kappa shape index (κ3) is 3.56. The standard InChI is InChI=1S/C14H15N3O3S2/c18-13(16-11-5-6-22(19,20)9-11)8-21-14-12-4-2-1-3-10(12)7-15-17-14/h1-4,7,11H,5-6,8-9H2,(H,16,18)/t11-/m0/s1. The van der Waals surface area contributed by atoms with Crippen LogP contribution in [-0.2, 0) is 14.6 Å². The van der Waals surface area contributed by atoms with E-state index in [1.54, 1.807) is 6.20 Å². The van der Waals surface area contributed by atoms with Crippen LogP contribution in [0, 0.1) is 0 Å². The average molecular weight is 337 g/mol. The predicted molar refractivity (Wildman–Crippen MR) is 85.5 cm³/mol. The number of hydrogen-bond acceptors (Lipinski definition) is 6. The molecule has 1 saturated heterocycles. The van der Waals surface area contributed by atoms with Crippen molar-refractivity contribution >= 4 is 38.3 Å².